The molecule has 0 unspecified atom stereocenters. The average molecular weight is 182 g/mol. The second-order valence-corrected chi connectivity index (χ2v) is 2.18. The molecule has 1 heterocycles. The van der Waals surface area contributed by atoms with E-state index < -0.39 is 16.7 Å². The van der Waals surface area contributed by atoms with Gasteiger partial charge < -0.3 is 14.9 Å². The van der Waals surface area contributed by atoms with Gasteiger partial charge in [-0.05, 0) is 22.0 Å². The summed E-state index contributed by atoms with van der Waals surface area (Å²) in [6.45, 7) is 1.16. The standard InChI is InChI=1S/C7H6N2O4/c1-5(10)13-6-3-2-4-8-7(6)9(11)12/h2-4H,1H3. The highest BCUT2D eigenvalue weighted by atomic mass is 16.6. The number of esters is 1. The average Bonchev–Trinajstić information content (AvgIpc) is 2.03. The Balaban J connectivity index is 3.04. The van der Waals surface area contributed by atoms with Crippen LogP contribution in [0, 0.1) is 10.1 Å². The molecule has 0 aliphatic carbocycles. The van der Waals surface area contributed by atoms with E-state index >= 15 is 0 Å². The number of carbonyl (C=O) groups is 1. The van der Waals surface area contributed by atoms with E-state index in [1.165, 1.54) is 18.3 Å². The second-order valence-electron chi connectivity index (χ2n) is 2.18. The van der Waals surface area contributed by atoms with Crippen LogP contribution >= 0.6 is 0 Å². The molecular formula is C7H6N2O4. The van der Waals surface area contributed by atoms with Crippen molar-refractivity contribution in [1.29, 1.82) is 0 Å². The smallest absolute Gasteiger partial charge is 0.406 e. The van der Waals surface area contributed by atoms with Crippen molar-refractivity contribution in [2.45, 2.75) is 6.92 Å². The number of nitro groups is 1. The number of hydrogen-bond acceptors (Lipinski definition) is 5. The van der Waals surface area contributed by atoms with Gasteiger partial charge in [-0.1, -0.05) is 0 Å². The predicted molar refractivity (Wildman–Crippen MR) is 42.2 cm³/mol. The molecule has 68 valence electrons. The van der Waals surface area contributed by atoms with Gasteiger partial charge in [-0.25, -0.2) is 0 Å². The minimum absolute atomic E-state index is 0.139. The summed E-state index contributed by atoms with van der Waals surface area (Å²) >= 11 is 0. The molecule has 0 bridgehead atoms. The van der Waals surface area contributed by atoms with Crippen molar-refractivity contribution in [3.8, 4) is 5.75 Å². The number of hydrogen-bond donors (Lipinski definition) is 0. The Morgan fingerprint density at radius 3 is 2.92 bits per heavy atom. The molecule has 0 aliphatic heterocycles. The van der Waals surface area contributed by atoms with Crippen LogP contribution in [-0.2, 0) is 4.79 Å². The van der Waals surface area contributed by atoms with E-state index in [0.29, 0.717) is 0 Å². The predicted octanol–water partition coefficient (Wildman–Crippen LogP) is 0.915. The van der Waals surface area contributed by atoms with Crippen molar-refractivity contribution in [3.63, 3.8) is 0 Å². The van der Waals surface area contributed by atoms with Crippen molar-refractivity contribution < 1.29 is 14.5 Å². The molecule has 0 aliphatic rings. The number of aromatic nitrogens is 1. The lowest BCUT2D eigenvalue weighted by Gasteiger charge is -1.99. The normalized spacial score (nSPS) is 9.31. The third kappa shape index (κ3) is 2.22. The lowest BCUT2D eigenvalue weighted by atomic mass is 10.4. The first-order chi connectivity index (χ1) is 6.11. The minimum atomic E-state index is -0.710. The summed E-state index contributed by atoms with van der Waals surface area (Å²) in [6.07, 6.45) is 1.26. The molecule has 0 atom stereocenters. The number of rotatable bonds is 2. The van der Waals surface area contributed by atoms with Crippen LogP contribution in [0.2, 0.25) is 0 Å². The highest BCUT2D eigenvalue weighted by molar-refractivity contribution is 5.70. The molecule has 0 radical (unpaired) electrons. The Morgan fingerprint density at radius 1 is 1.69 bits per heavy atom. The van der Waals surface area contributed by atoms with Gasteiger partial charge in [0, 0.05) is 6.92 Å². The summed E-state index contributed by atoms with van der Waals surface area (Å²) in [5, 5.41) is 10.4. The molecule has 0 amide bonds. The second kappa shape index (κ2) is 3.61. The van der Waals surface area contributed by atoms with Crippen LogP contribution in [0.15, 0.2) is 18.3 Å². The molecule has 6 heteroatoms. The number of nitrogens with zero attached hydrogens (tertiary/aromatic N) is 2. The maximum absolute atomic E-state index is 10.5. The monoisotopic (exact) mass is 182 g/mol. The summed E-state index contributed by atoms with van der Waals surface area (Å²) in [5.41, 5.74) is 0. The summed E-state index contributed by atoms with van der Waals surface area (Å²) in [6, 6.07) is 2.76. The van der Waals surface area contributed by atoms with Gasteiger partial charge in [0.25, 0.3) is 0 Å². The van der Waals surface area contributed by atoms with Gasteiger partial charge in [-0.3, -0.25) is 4.79 Å². The summed E-state index contributed by atoms with van der Waals surface area (Å²) in [7, 11) is 0. The van der Waals surface area contributed by atoms with E-state index in [0.717, 1.165) is 6.92 Å². The third-order valence-electron chi connectivity index (χ3n) is 1.18. The minimum Gasteiger partial charge on any atom is -0.418 e. The quantitative estimate of drug-likeness (QED) is 0.385. The van der Waals surface area contributed by atoms with Gasteiger partial charge in [0.15, 0.2) is 0 Å². The molecule has 1 aromatic heterocycles. The Kier molecular flexibility index (Phi) is 2.53. The molecule has 13 heavy (non-hydrogen) atoms. The summed E-state index contributed by atoms with van der Waals surface area (Å²) < 4.78 is 4.56. The van der Waals surface area contributed by atoms with Crippen LogP contribution in [-0.4, -0.2) is 15.9 Å². The van der Waals surface area contributed by atoms with E-state index in [1.54, 1.807) is 0 Å². The van der Waals surface area contributed by atoms with Crippen LogP contribution in [0.4, 0.5) is 5.82 Å². The molecule has 0 N–H and O–H groups in total. The van der Waals surface area contributed by atoms with E-state index in [1.807, 2.05) is 0 Å². The van der Waals surface area contributed by atoms with Crippen molar-refractivity contribution in [2.75, 3.05) is 0 Å². The molecule has 1 rings (SSSR count). The third-order valence-corrected chi connectivity index (χ3v) is 1.18. The van der Waals surface area contributed by atoms with E-state index in [-0.39, 0.29) is 5.75 Å². The molecule has 0 saturated heterocycles. The van der Waals surface area contributed by atoms with Crippen LogP contribution in [0.25, 0.3) is 0 Å². The van der Waals surface area contributed by atoms with Crippen LogP contribution in [0.5, 0.6) is 5.75 Å². The molecule has 6 nitrogen and oxygen atoms in total. The van der Waals surface area contributed by atoms with Gasteiger partial charge in [0.1, 0.15) is 6.20 Å². The number of ether oxygens (including phenoxy) is 1. The summed E-state index contributed by atoms with van der Waals surface area (Å²) in [4.78, 5) is 23.6. The van der Waals surface area contributed by atoms with Crippen molar-refractivity contribution in [2.24, 2.45) is 0 Å². The maximum atomic E-state index is 10.5. The highest BCUT2D eigenvalue weighted by Gasteiger charge is 2.16. The van der Waals surface area contributed by atoms with Crippen molar-refractivity contribution >= 4 is 11.8 Å². The molecule has 0 aromatic carbocycles. The van der Waals surface area contributed by atoms with Crippen molar-refractivity contribution in [1.82, 2.24) is 4.98 Å². The Hall–Kier alpha value is -1.98. The summed E-state index contributed by atoms with van der Waals surface area (Å²) in [5.74, 6) is -1.21. The van der Waals surface area contributed by atoms with Gasteiger partial charge >= 0.3 is 11.8 Å². The molecule has 0 fully saturated rings. The topological polar surface area (TPSA) is 82.3 Å². The SMILES string of the molecule is CC(=O)Oc1cccnc1[N+](=O)[O-]. The Morgan fingerprint density at radius 2 is 2.38 bits per heavy atom. The maximum Gasteiger partial charge on any atom is 0.406 e. The lowest BCUT2D eigenvalue weighted by molar-refractivity contribution is -0.390. The first-order valence-corrected chi connectivity index (χ1v) is 3.39. The Labute approximate surface area is 73.3 Å². The fourth-order valence-corrected chi connectivity index (χ4v) is 0.754. The Bertz CT molecular complexity index is 350. The fraction of sp³-hybridized carbons (Fsp3) is 0.143. The van der Waals surface area contributed by atoms with Crippen LogP contribution < -0.4 is 4.74 Å². The first-order valence-electron chi connectivity index (χ1n) is 3.39. The number of pyridine rings is 1. The van der Waals surface area contributed by atoms with E-state index in [4.69, 9.17) is 0 Å². The highest BCUT2D eigenvalue weighted by Crippen LogP contribution is 2.22. The molecule has 1 aromatic rings. The first kappa shape index (κ1) is 9.11. The number of carbonyl (C=O) groups excluding carboxylic acids is 1. The van der Waals surface area contributed by atoms with Gasteiger partial charge in [0.2, 0.25) is 5.75 Å². The van der Waals surface area contributed by atoms with Gasteiger partial charge in [0.05, 0.1) is 0 Å². The molecule has 0 spiro atoms. The van der Waals surface area contributed by atoms with E-state index in [2.05, 4.69) is 9.72 Å². The largest absolute Gasteiger partial charge is 0.418 e. The van der Waals surface area contributed by atoms with Gasteiger partial charge in [-0.2, -0.15) is 0 Å². The van der Waals surface area contributed by atoms with Crippen LogP contribution in [0.3, 0.4) is 0 Å². The van der Waals surface area contributed by atoms with Crippen molar-refractivity contribution in [3.05, 3.63) is 28.4 Å². The zero-order chi connectivity index (χ0) is 9.84. The fourth-order valence-electron chi connectivity index (χ4n) is 0.754. The zero-order valence-electron chi connectivity index (χ0n) is 6.76. The molecule has 0 saturated carbocycles. The van der Waals surface area contributed by atoms with E-state index in [9.17, 15) is 14.9 Å². The van der Waals surface area contributed by atoms with Crippen LogP contribution in [0.1, 0.15) is 6.92 Å². The van der Waals surface area contributed by atoms with Gasteiger partial charge in [-0.15, -0.1) is 0 Å². The zero-order valence-corrected chi connectivity index (χ0v) is 6.76. The molecular weight excluding hydrogens is 176 g/mol. The lowest BCUT2D eigenvalue weighted by Crippen LogP contribution is -2.04.